The molecule has 0 spiro atoms. The van der Waals surface area contributed by atoms with Gasteiger partial charge >= 0.3 is 6.18 Å². The Kier molecular flexibility index (Phi) is 6.61. The molecule has 39 heavy (non-hydrogen) atoms. The van der Waals surface area contributed by atoms with Crippen molar-refractivity contribution in [3.8, 4) is 16.2 Å². The third-order valence-corrected chi connectivity index (χ3v) is 9.07. The summed E-state index contributed by atoms with van der Waals surface area (Å²) in [4.78, 5) is 34.0. The van der Waals surface area contributed by atoms with E-state index in [1.807, 2.05) is 11.0 Å². The molecule has 2 aliphatic heterocycles. The predicted octanol–water partition coefficient (Wildman–Crippen LogP) is 5.89. The molecular formula is C29H28F3N3O3S. The van der Waals surface area contributed by atoms with Crippen LogP contribution in [0.2, 0.25) is 0 Å². The topological polar surface area (TPSA) is 71.5 Å². The number of likely N-dealkylation sites (tertiary alicyclic amines) is 1. The predicted molar refractivity (Wildman–Crippen MR) is 141 cm³/mol. The van der Waals surface area contributed by atoms with Gasteiger partial charge in [-0.25, -0.2) is 4.98 Å². The van der Waals surface area contributed by atoms with Gasteiger partial charge in [0, 0.05) is 30.1 Å². The zero-order chi connectivity index (χ0) is 27.3. The number of alkyl halides is 3. The molecule has 2 fully saturated rings. The first-order chi connectivity index (χ1) is 18.7. The van der Waals surface area contributed by atoms with Crippen molar-refractivity contribution < 1.29 is 27.5 Å². The number of hydrogen-bond acceptors (Lipinski definition) is 5. The Balaban J connectivity index is 1.27. The average molecular weight is 556 g/mol. The number of halogens is 3. The SMILES string of the molecule is Cc1nc(C(=O)N2C(CNC(=O)c3cccc4c3CCO4)C[C@@H]3CCC[C@@H]32)c(-c2cccc(C(F)(F)F)c2)s1. The van der Waals surface area contributed by atoms with Crippen molar-refractivity contribution in [2.24, 2.45) is 5.92 Å². The lowest BCUT2D eigenvalue weighted by Gasteiger charge is -2.30. The number of rotatable bonds is 5. The van der Waals surface area contributed by atoms with Gasteiger partial charge in [-0.2, -0.15) is 13.2 Å². The van der Waals surface area contributed by atoms with Crippen LogP contribution in [-0.2, 0) is 12.6 Å². The quantitative estimate of drug-likeness (QED) is 0.427. The Morgan fingerprint density at radius 3 is 2.82 bits per heavy atom. The van der Waals surface area contributed by atoms with Gasteiger partial charge in [-0.15, -0.1) is 11.3 Å². The van der Waals surface area contributed by atoms with Crippen LogP contribution in [0.15, 0.2) is 42.5 Å². The van der Waals surface area contributed by atoms with Crippen LogP contribution < -0.4 is 10.1 Å². The second-order valence-electron chi connectivity index (χ2n) is 10.4. The maximum absolute atomic E-state index is 14.1. The Labute approximate surface area is 228 Å². The molecule has 1 unspecified atom stereocenters. The molecule has 10 heteroatoms. The highest BCUT2D eigenvalue weighted by molar-refractivity contribution is 7.15. The molecule has 1 aliphatic carbocycles. The molecule has 3 aliphatic rings. The van der Waals surface area contributed by atoms with E-state index < -0.39 is 11.7 Å². The first-order valence-electron chi connectivity index (χ1n) is 13.2. The summed E-state index contributed by atoms with van der Waals surface area (Å²) in [5, 5.41) is 3.65. The molecule has 6 rings (SSSR count). The van der Waals surface area contributed by atoms with E-state index in [9.17, 15) is 22.8 Å². The number of carbonyl (C=O) groups excluding carboxylic acids is 2. The van der Waals surface area contributed by atoms with Crippen LogP contribution in [0.3, 0.4) is 0 Å². The van der Waals surface area contributed by atoms with Gasteiger partial charge in [0.05, 0.1) is 28.1 Å². The van der Waals surface area contributed by atoms with Crippen LogP contribution in [0, 0.1) is 12.8 Å². The smallest absolute Gasteiger partial charge is 0.416 e. The summed E-state index contributed by atoms with van der Waals surface area (Å²) in [5.74, 6) is 0.586. The number of thiazole rings is 1. The third-order valence-electron chi connectivity index (χ3n) is 8.05. The molecule has 0 bridgehead atoms. The summed E-state index contributed by atoms with van der Waals surface area (Å²) < 4.78 is 45.8. The molecule has 3 atom stereocenters. The van der Waals surface area contributed by atoms with Gasteiger partial charge in [0.25, 0.3) is 11.8 Å². The normalized spacial score (nSPS) is 21.9. The minimum absolute atomic E-state index is 0.0325. The number of fused-ring (bicyclic) bond motifs is 2. The summed E-state index contributed by atoms with van der Waals surface area (Å²) in [5.41, 5.74) is 1.22. The third kappa shape index (κ3) is 4.79. The Morgan fingerprint density at radius 1 is 1.18 bits per heavy atom. The van der Waals surface area contributed by atoms with Crippen molar-refractivity contribution >= 4 is 23.2 Å². The summed E-state index contributed by atoms with van der Waals surface area (Å²) in [6.07, 6.45) is -0.135. The number of nitrogens with one attached hydrogen (secondary N) is 1. The molecule has 2 aromatic carbocycles. The van der Waals surface area contributed by atoms with E-state index in [2.05, 4.69) is 10.3 Å². The first kappa shape index (κ1) is 25.9. The van der Waals surface area contributed by atoms with Gasteiger partial charge in [-0.3, -0.25) is 9.59 Å². The van der Waals surface area contributed by atoms with Crippen LogP contribution in [-0.4, -0.2) is 46.9 Å². The molecule has 204 valence electrons. The number of amides is 2. The fraction of sp³-hybridized carbons (Fsp3) is 0.414. The highest BCUT2D eigenvalue weighted by atomic mass is 32.1. The number of carbonyl (C=O) groups is 2. The average Bonchev–Trinajstić information content (AvgIpc) is 3.69. The fourth-order valence-electron chi connectivity index (χ4n) is 6.36. The maximum atomic E-state index is 14.1. The number of hydrogen-bond donors (Lipinski definition) is 1. The zero-order valence-corrected chi connectivity index (χ0v) is 22.2. The van der Waals surface area contributed by atoms with Gasteiger partial charge in [0.1, 0.15) is 11.4 Å². The molecule has 0 radical (unpaired) electrons. The largest absolute Gasteiger partial charge is 0.493 e. The van der Waals surface area contributed by atoms with Crippen molar-refractivity contribution in [2.75, 3.05) is 13.2 Å². The highest BCUT2D eigenvalue weighted by Gasteiger charge is 2.47. The van der Waals surface area contributed by atoms with Crippen molar-refractivity contribution in [3.63, 3.8) is 0 Å². The number of aryl methyl sites for hydroxylation is 1. The minimum atomic E-state index is -4.49. The van der Waals surface area contributed by atoms with Gasteiger partial charge in [-0.1, -0.05) is 24.6 Å². The van der Waals surface area contributed by atoms with Crippen LogP contribution in [0.25, 0.3) is 10.4 Å². The molecule has 6 nitrogen and oxygen atoms in total. The van der Waals surface area contributed by atoms with E-state index in [0.717, 1.165) is 49.1 Å². The number of aromatic nitrogens is 1. The van der Waals surface area contributed by atoms with Gasteiger partial charge in [-0.05, 0) is 61.9 Å². The summed E-state index contributed by atoms with van der Waals surface area (Å²) >= 11 is 1.22. The second-order valence-corrected chi connectivity index (χ2v) is 11.6. The standard InChI is InChI=1S/C29H28F3N3O3S/c1-16-34-25(26(39-16)18-6-2-7-19(13-18)29(30,31)32)28(37)35-20(14-17-5-3-9-23(17)35)15-33-27(36)22-8-4-10-24-21(22)11-12-38-24/h2,4,6-8,10,13,17,20,23H,3,5,9,11-12,14-15H2,1H3,(H,33,36)/t17-,20?,23-/m0/s1. The first-order valence-corrected chi connectivity index (χ1v) is 14.0. The van der Waals surface area contributed by atoms with Gasteiger partial charge < -0.3 is 15.0 Å². The van der Waals surface area contributed by atoms with Gasteiger partial charge in [0.15, 0.2) is 0 Å². The van der Waals surface area contributed by atoms with E-state index in [4.69, 9.17) is 4.74 Å². The summed E-state index contributed by atoms with van der Waals surface area (Å²) in [7, 11) is 0. The van der Waals surface area contributed by atoms with Crippen LogP contribution in [0.1, 0.15) is 62.7 Å². The van der Waals surface area contributed by atoms with Crippen molar-refractivity contribution in [1.29, 1.82) is 0 Å². The molecule has 2 amide bonds. The number of benzene rings is 2. The van der Waals surface area contributed by atoms with E-state index in [0.29, 0.717) is 46.5 Å². The lowest BCUT2D eigenvalue weighted by molar-refractivity contribution is -0.137. The maximum Gasteiger partial charge on any atom is 0.416 e. The van der Waals surface area contributed by atoms with E-state index in [1.165, 1.54) is 17.4 Å². The summed E-state index contributed by atoms with van der Waals surface area (Å²) in [6, 6.07) is 10.3. The zero-order valence-electron chi connectivity index (χ0n) is 21.4. The van der Waals surface area contributed by atoms with Crippen LogP contribution in [0.4, 0.5) is 13.2 Å². The van der Waals surface area contributed by atoms with E-state index in [1.54, 1.807) is 25.1 Å². The molecule has 1 saturated heterocycles. The molecule has 3 heterocycles. The fourth-order valence-corrected chi connectivity index (χ4v) is 7.26. The molecule has 3 aromatic rings. The number of nitrogens with zero attached hydrogens (tertiary/aromatic N) is 2. The second kappa shape index (κ2) is 9.97. The Morgan fingerprint density at radius 2 is 2.00 bits per heavy atom. The Bertz CT molecular complexity index is 1440. The van der Waals surface area contributed by atoms with E-state index in [-0.39, 0.29) is 29.6 Å². The van der Waals surface area contributed by atoms with E-state index >= 15 is 0 Å². The monoisotopic (exact) mass is 555 g/mol. The lowest BCUT2D eigenvalue weighted by atomic mass is 10.0. The lowest BCUT2D eigenvalue weighted by Crippen LogP contribution is -2.46. The Hall–Kier alpha value is -3.40. The minimum Gasteiger partial charge on any atom is -0.493 e. The molecule has 1 saturated carbocycles. The van der Waals surface area contributed by atoms with Crippen LogP contribution >= 0.6 is 11.3 Å². The van der Waals surface area contributed by atoms with Crippen molar-refractivity contribution in [1.82, 2.24) is 15.2 Å². The van der Waals surface area contributed by atoms with Crippen molar-refractivity contribution in [3.05, 3.63) is 69.9 Å². The molecule has 1 aromatic heterocycles. The van der Waals surface area contributed by atoms with Crippen molar-refractivity contribution in [2.45, 2.75) is 57.3 Å². The highest BCUT2D eigenvalue weighted by Crippen LogP contribution is 2.43. The van der Waals surface area contributed by atoms with Gasteiger partial charge in [0.2, 0.25) is 0 Å². The number of ether oxygens (including phenoxy) is 1. The molecule has 1 N–H and O–H groups in total. The molecular weight excluding hydrogens is 527 g/mol. The summed E-state index contributed by atoms with van der Waals surface area (Å²) in [6.45, 7) is 2.60. The van der Waals surface area contributed by atoms with Crippen LogP contribution in [0.5, 0.6) is 5.75 Å².